The molecule has 6 nitrogen and oxygen atoms in total. The number of carbonyl (C=O) groups excluding carboxylic acids is 1. The summed E-state index contributed by atoms with van der Waals surface area (Å²) in [5, 5.41) is 18.5. The van der Waals surface area contributed by atoms with Crippen LogP contribution < -0.4 is 5.73 Å². The van der Waals surface area contributed by atoms with E-state index >= 15 is 0 Å². The lowest BCUT2D eigenvalue weighted by molar-refractivity contribution is 0.0993. The van der Waals surface area contributed by atoms with E-state index in [1.54, 1.807) is 29.5 Å². The quantitative estimate of drug-likeness (QED) is 0.699. The summed E-state index contributed by atoms with van der Waals surface area (Å²) < 4.78 is 1.59. The van der Waals surface area contributed by atoms with Gasteiger partial charge in [-0.2, -0.15) is 0 Å². The van der Waals surface area contributed by atoms with Crippen molar-refractivity contribution in [1.29, 1.82) is 0 Å². The molecule has 18 heavy (non-hydrogen) atoms. The van der Waals surface area contributed by atoms with Gasteiger partial charge in [0.15, 0.2) is 0 Å². The van der Waals surface area contributed by atoms with Gasteiger partial charge >= 0.3 is 0 Å². The number of rotatable bonds is 4. The van der Waals surface area contributed by atoms with Crippen molar-refractivity contribution in [2.45, 2.75) is 12.8 Å². The number of imidazole rings is 1. The molecule has 4 N–H and O–H groups in total. The number of pyridine rings is 1. The predicted octanol–water partition coefficient (Wildman–Crippen LogP) is -0.190. The largest absolute Gasteiger partial charge is 0.396 e. The fourth-order valence-corrected chi connectivity index (χ4v) is 2.08. The zero-order chi connectivity index (χ0) is 13.3. The van der Waals surface area contributed by atoms with Gasteiger partial charge in [-0.05, 0) is 19.1 Å². The second kappa shape index (κ2) is 4.75. The molecule has 0 saturated heterocycles. The lowest BCUT2D eigenvalue weighted by atomic mass is 10.1. The number of carbonyl (C=O) groups is 1. The predicted molar refractivity (Wildman–Crippen MR) is 65.4 cm³/mol. The van der Waals surface area contributed by atoms with E-state index < -0.39 is 11.8 Å². The van der Waals surface area contributed by atoms with E-state index in [0.29, 0.717) is 17.0 Å². The van der Waals surface area contributed by atoms with Crippen LogP contribution in [-0.4, -0.2) is 38.7 Å². The molecule has 1 amide bonds. The van der Waals surface area contributed by atoms with Crippen molar-refractivity contribution < 1.29 is 15.0 Å². The second-order valence-corrected chi connectivity index (χ2v) is 4.12. The zero-order valence-electron chi connectivity index (χ0n) is 10.00. The lowest BCUT2D eigenvalue weighted by Crippen LogP contribution is -2.19. The molecule has 0 unspecified atom stereocenters. The van der Waals surface area contributed by atoms with Gasteiger partial charge in [0.25, 0.3) is 5.91 Å². The molecule has 0 aliphatic rings. The molecule has 6 heteroatoms. The zero-order valence-corrected chi connectivity index (χ0v) is 10.00. The normalized spacial score (nSPS) is 11.3. The first-order valence-electron chi connectivity index (χ1n) is 5.59. The third-order valence-electron chi connectivity index (χ3n) is 2.94. The van der Waals surface area contributed by atoms with Gasteiger partial charge in [0.05, 0.1) is 18.9 Å². The number of primary amides is 1. The van der Waals surface area contributed by atoms with Crippen molar-refractivity contribution in [3.8, 4) is 0 Å². The molecule has 0 atom stereocenters. The Morgan fingerprint density at radius 2 is 2.11 bits per heavy atom. The Hall–Kier alpha value is -1.92. The van der Waals surface area contributed by atoms with Gasteiger partial charge in [0, 0.05) is 11.6 Å². The molecule has 2 heterocycles. The van der Waals surface area contributed by atoms with Crippen molar-refractivity contribution in [3.63, 3.8) is 0 Å². The van der Waals surface area contributed by atoms with Crippen LogP contribution >= 0.6 is 0 Å². The molecule has 0 bridgehead atoms. The number of hydrogen-bond donors (Lipinski definition) is 3. The number of amides is 1. The minimum absolute atomic E-state index is 0.217. The van der Waals surface area contributed by atoms with Crippen LogP contribution in [0, 0.1) is 6.92 Å². The molecular weight excluding hydrogens is 234 g/mol. The Labute approximate surface area is 104 Å². The third kappa shape index (κ3) is 1.85. The van der Waals surface area contributed by atoms with Crippen LogP contribution in [0.25, 0.3) is 5.65 Å². The van der Waals surface area contributed by atoms with Gasteiger partial charge in [-0.1, -0.05) is 6.07 Å². The van der Waals surface area contributed by atoms with Crippen LogP contribution in [0.2, 0.25) is 0 Å². The molecule has 0 aromatic carbocycles. The van der Waals surface area contributed by atoms with Crippen LogP contribution in [0.15, 0.2) is 18.2 Å². The summed E-state index contributed by atoms with van der Waals surface area (Å²) in [5.41, 5.74) is 7.36. The lowest BCUT2D eigenvalue weighted by Gasteiger charge is -2.14. The fourth-order valence-electron chi connectivity index (χ4n) is 2.08. The van der Waals surface area contributed by atoms with Crippen molar-refractivity contribution in [3.05, 3.63) is 35.3 Å². The highest BCUT2D eigenvalue weighted by atomic mass is 16.3. The molecule has 0 aliphatic carbocycles. The molecule has 2 rings (SSSR count). The number of nitrogens with zero attached hydrogens (tertiary/aromatic N) is 2. The van der Waals surface area contributed by atoms with Crippen molar-refractivity contribution >= 4 is 11.6 Å². The number of fused-ring (bicyclic) bond motifs is 1. The Morgan fingerprint density at radius 1 is 1.44 bits per heavy atom. The van der Waals surface area contributed by atoms with E-state index in [2.05, 4.69) is 4.98 Å². The maximum absolute atomic E-state index is 11.5. The maximum atomic E-state index is 11.5. The maximum Gasteiger partial charge on any atom is 0.267 e. The van der Waals surface area contributed by atoms with Gasteiger partial charge in [0.2, 0.25) is 0 Å². The average Bonchev–Trinajstić information content (AvgIpc) is 2.67. The highest BCUT2D eigenvalue weighted by Gasteiger charge is 2.20. The minimum atomic E-state index is -0.581. The standard InChI is InChI=1S/C12H15N3O3/c1-7-11(12(13)18)15-9(8(5-16)6-17)3-2-4-10(15)14-7/h2-4,8,16-17H,5-6H2,1H3,(H2,13,18). The first-order valence-corrected chi connectivity index (χ1v) is 5.59. The topological polar surface area (TPSA) is 101 Å². The first-order chi connectivity index (χ1) is 8.60. The van der Waals surface area contributed by atoms with Crippen molar-refractivity contribution in [2.75, 3.05) is 13.2 Å². The van der Waals surface area contributed by atoms with Gasteiger partial charge in [-0.25, -0.2) is 4.98 Å². The van der Waals surface area contributed by atoms with Gasteiger partial charge in [0.1, 0.15) is 11.3 Å². The van der Waals surface area contributed by atoms with E-state index in [9.17, 15) is 15.0 Å². The molecule has 96 valence electrons. The van der Waals surface area contributed by atoms with E-state index in [1.807, 2.05) is 0 Å². The van der Waals surface area contributed by atoms with Crippen molar-refractivity contribution in [1.82, 2.24) is 9.38 Å². The summed E-state index contributed by atoms with van der Waals surface area (Å²) >= 11 is 0. The summed E-state index contributed by atoms with van der Waals surface area (Å²) in [6, 6.07) is 5.24. The summed E-state index contributed by atoms with van der Waals surface area (Å²) in [4.78, 5) is 15.7. The summed E-state index contributed by atoms with van der Waals surface area (Å²) in [7, 11) is 0. The Bertz CT molecular complexity index is 588. The van der Waals surface area contributed by atoms with Crippen LogP contribution in [0.5, 0.6) is 0 Å². The van der Waals surface area contributed by atoms with E-state index in [0.717, 1.165) is 0 Å². The number of nitrogens with two attached hydrogens (primary N) is 1. The Morgan fingerprint density at radius 3 is 2.67 bits per heavy atom. The fraction of sp³-hybridized carbons (Fsp3) is 0.333. The molecule has 0 aliphatic heterocycles. The average molecular weight is 249 g/mol. The SMILES string of the molecule is Cc1nc2cccc(C(CO)CO)n2c1C(N)=O. The number of aliphatic hydroxyl groups is 2. The third-order valence-corrected chi connectivity index (χ3v) is 2.94. The number of hydrogen-bond acceptors (Lipinski definition) is 4. The number of aliphatic hydroxyl groups excluding tert-OH is 2. The van der Waals surface area contributed by atoms with Crippen molar-refractivity contribution in [2.24, 2.45) is 5.73 Å². The smallest absolute Gasteiger partial charge is 0.267 e. The molecular formula is C12H15N3O3. The van der Waals surface area contributed by atoms with E-state index in [1.165, 1.54) is 0 Å². The Balaban J connectivity index is 2.78. The number of aryl methyl sites for hydroxylation is 1. The minimum Gasteiger partial charge on any atom is -0.396 e. The molecule has 0 spiro atoms. The van der Waals surface area contributed by atoms with Gasteiger partial charge in [-0.15, -0.1) is 0 Å². The first kappa shape index (κ1) is 12.5. The van der Waals surface area contributed by atoms with Crippen LogP contribution in [-0.2, 0) is 0 Å². The van der Waals surface area contributed by atoms with Crippen LogP contribution in [0.4, 0.5) is 0 Å². The molecule has 0 radical (unpaired) electrons. The Kier molecular flexibility index (Phi) is 3.31. The second-order valence-electron chi connectivity index (χ2n) is 4.12. The summed E-state index contributed by atoms with van der Waals surface area (Å²) in [5.74, 6) is -1.05. The molecule has 0 saturated carbocycles. The van der Waals surface area contributed by atoms with Crippen LogP contribution in [0.1, 0.15) is 27.8 Å². The highest BCUT2D eigenvalue weighted by molar-refractivity contribution is 5.93. The number of aromatic nitrogens is 2. The molecule has 2 aromatic heterocycles. The van der Waals surface area contributed by atoms with E-state index in [4.69, 9.17) is 5.73 Å². The monoisotopic (exact) mass is 249 g/mol. The molecule has 2 aromatic rings. The van der Waals surface area contributed by atoms with Crippen LogP contribution in [0.3, 0.4) is 0 Å². The summed E-state index contributed by atoms with van der Waals surface area (Å²) in [6.07, 6.45) is 0. The van der Waals surface area contributed by atoms with Gasteiger partial charge in [-0.3, -0.25) is 9.20 Å². The highest BCUT2D eigenvalue weighted by Crippen LogP contribution is 2.20. The van der Waals surface area contributed by atoms with Gasteiger partial charge < -0.3 is 15.9 Å². The molecule has 0 fully saturated rings. The van der Waals surface area contributed by atoms with E-state index in [-0.39, 0.29) is 18.9 Å². The summed E-state index contributed by atoms with van der Waals surface area (Å²) in [6.45, 7) is 1.26.